The Morgan fingerprint density at radius 2 is 2.00 bits per heavy atom. The fraction of sp³-hybridized carbons (Fsp3) is 0.471. The van der Waals surface area contributed by atoms with Crippen molar-refractivity contribution >= 4 is 29.2 Å². The summed E-state index contributed by atoms with van der Waals surface area (Å²) in [6.45, 7) is 2.06. The van der Waals surface area contributed by atoms with Gasteiger partial charge in [-0.2, -0.15) is 15.0 Å². The van der Waals surface area contributed by atoms with Crippen LogP contribution in [-0.2, 0) is 0 Å². The SMILES string of the molecule is COc1ccc(Nc2nc(O)nc(N(C)C3CCN(C)CC3)n2)cc1Cl. The monoisotopic (exact) mass is 378 g/mol. The molecule has 0 bridgehead atoms. The van der Waals surface area contributed by atoms with Gasteiger partial charge >= 0.3 is 6.01 Å². The molecule has 9 heteroatoms. The summed E-state index contributed by atoms with van der Waals surface area (Å²) in [5, 5.41) is 13.4. The van der Waals surface area contributed by atoms with Crippen LogP contribution in [0, 0.1) is 0 Å². The van der Waals surface area contributed by atoms with Crippen LogP contribution in [0.4, 0.5) is 17.6 Å². The standard InChI is InChI=1S/C17H23ClN6O2/c1-23-8-6-12(7-9-23)24(2)16-20-15(21-17(25)22-16)19-11-4-5-14(26-3)13(18)10-11/h4-5,10,12H,6-9H2,1-3H3,(H2,19,20,21,22,25). The second kappa shape index (κ2) is 7.92. The van der Waals surface area contributed by atoms with Crippen molar-refractivity contribution in [3.05, 3.63) is 23.2 Å². The maximum absolute atomic E-state index is 9.91. The number of halogens is 1. The smallest absolute Gasteiger partial charge is 0.320 e. The summed E-state index contributed by atoms with van der Waals surface area (Å²) in [5.41, 5.74) is 0.689. The van der Waals surface area contributed by atoms with Gasteiger partial charge in [-0.3, -0.25) is 0 Å². The van der Waals surface area contributed by atoms with E-state index in [1.807, 2.05) is 11.9 Å². The van der Waals surface area contributed by atoms with Gasteiger partial charge in [-0.15, -0.1) is 0 Å². The average Bonchev–Trinajstić information content (AvgIpc) is 2.61. The van der Waals surface area contributed by atoms with Crippen molar-refractivity contribution in [3.8, 4) is 11.8 Å². The summed E-state index contributed by atoms with van der Waals surface area (Å²) in [7, 11) is 5.62. The van der Waals surface area contributed by atoms with Crippen molar-refractivity contribution in [1.29, 1.82) is 0 Å². The Morgan fingerprint density at radius 3 is 2.65 bits per heavy atom. The van der Waals surface area contributed by atoms with Crippen LogP contribution < -0.4 is 15.0 Å². The van der Waals surface area contributed by atoms with Crippen molar-refractivity contribution in [1.82, 2.24) is 19.9 Å². The van der Waals surface area contributed by atoms with Crippen LogP contribution in [0.1, 0.15) is 12.8 Å². The third-order valence-corrected chi connectivity index (χ3v) is 4.87. The molecule has 1 aromatic heterocycles. The van der Waals surface area contributed by atoms with Crippen LogP contribution in [0.15, 0.2) is 18.2 Å². The summed E-state index contributed by atoms with van der Waals surface area (Å²) in [5.74, 6) is 1.28. The molecule has 8 nitrogen and oxygen atoms in total. The Hall–Kier alpha value is -2.32. The molecule has 3 rings (SSSR count). The molecule has 0 spiro atoms. The van der Waals surface area contributed by atoms with E-state index >= 15 is 0 Å². The molecule has 0 aliphatic carbocycles. The number of ether oxygens (including phenoxy) is 1. The van der Waals surface area contributed by atoms with Gasteiger partial charge in [0.05, 0.1) is 12.1 Å². The van der Waals surface area contributed by atoms with Gasteiger partial charge in [-0.05, 0) is 51.2 Å². The van der Waals surface area contributed by atoms with E-state index in [-0.39, 0.29) is 12.0 Å². The number of piperidine rings is 1. The van der Waals surface area contributed by atoms with Crippen LogP contribution in [0.2, 0.25) is 5.02 Å². The van der Waals surface area contributed by atoms with Gasteiger partial charge < -0.3 is 25.0 Å². The molecule has 0 radical (unpaired) electrons. The summed E-state index contributed by atoms with van der Waals surface area (Å²) in [6.07, 6.45) is 2.05. The first-order chi connectivity index (χ1) is 12.5. The second-order valence-electron chi connectivity index (χ2n) is 6.38. The predicted molar refractivity (Wildman–Crippen MR) is 102 cm³/mol. The lowest BCUT2D eigenvalue weighted by molar-refractivity contribution is 0.252. The molecule has 0 saturated carbocycles. The van der Waals surface area contributed by atoms with Crippen molar-refractivity contribution < 1.29 is 9.84 Å². The lowest BCUT2D eigenvalue weighted by Crippen LogP contribution is -2.42. The van der Waals surface area contributed by atoms with Gasteiger partial charge in [0, 0.05) is 18.8 Å². The van der Waals surface area contributed by atoms with Crippen LogP contribution in [0.5, 0.6) is 11.8 Å². The zero-order valence-electron chi connectivity index (χ0n) is 15.1. The fourth-order valence-corrected chi connectivity index (χ4v) is 3.24. The van der Waals surface area contributed by atoms with Crippen molar-refractivity contribution in [3.63, 3.8) is 0 Å². The minimum Gasteiger partial charge on any atom is -0.495 e. The van der Waals surface area contributed by atoms with E-state index in [4.69, 9.17) is 16.3 Å². The highest BCUT2D eigenvalue weighted by molar-refractivity contribution is 6.32. The number of aromatic hydroxyl groups is 1. The Bertz CT molecular complexity index is 767. The quantitative estimate of drug-likeness (QED) is 0.820. The predicted octanol–water partition coefficient (Wildman–Crippen LogP) is 2.51. The molecule has 2 aromatic rings. The molecule has 0 atom stereocenters. The molecule has 1 aromatic carbocycles. The molecule has 26 heavy (non-hydrogen) atoms. The van der Waals surface area contributed by atoms with E-state index in [0.717, 1.165) is 25.9 Å². The van der Waals surface area contributed by atoms with Crippen molar-refractivity contribution in [2.75, 3.05) is 44.5 Å². The highest BCUT2D eigenvalue weighted by atomic mass is 35.5. The number of rotatable bonds is 5. The van der Waals surface area contributed by atoms with E-state index in [1.54, 1.807) is 25.3 Å². The number of nitrogens with one attached hydrogen (secondary N) is 1. The molecule has 0 amide bonds. The topological polar surface area (TPSA) is 86.6 Å². The van der Waals surface area contributed by atoms with E-state index in [0.29, 0.717) is 28.4 Å². The summed E-state index contributed by atoms with van der Waals surface area (Å²) in [4.78, 5) is 16.8. The number of hydrogen-bond acceptors (Lipinski definition) is 8. The Kier molecular flexibility index (Phi) is 5.63. The van der Waals surface area contributed by atoms with Gasteiger partial charge in [0.2, 0.25) is 11.9 Å². The third kappa shape index (κ3) is 4.25. The van der Waals surface area contributed by atoms with Crippen LogP contribution in [0.3, 0.4) is 0 Å². The maximum atomic E-state index is 9.91. The van der Waals surface area contributed by atoms with Gasteiger partial charge in [-0.1, -0.05) is 11.6 Å². The van der Waals surface area contributed by atoms with Crippen LogP contribution in [-0.4, -0.2) is 65.3 Å². The molecule has 2 N–H and O–H groups in total. The minimum absolute atomic E-state index is 0.258. The lowest BCUT2D eigenvalue weighted by Gasteiger charge is -2.35. The summed E-state index contributed by atoms with van der Waals surface area (Å²) in [6, 6.07) is 5.26. The Labute approximate surface area is 157 Å². The Morgan fingerprint density at radius 1 is 1.27 bits per heavy atom. The molecule has 1 aliphatic heterocycles. The Balaban J connectivity index is 1.78. The highest BCUT2D eigenvalue weighted by Crippen LogP contribution is 2.29. The highest BCUT2D eigenvalue weighted by Gasteiger charge is 2.23. The number of aromatic nitrogens is 3. The first kappa shape index (κ1) is 18.5. The first-order valence-corrected chi connectivity index (χ1v) is 8.81. The van der Waals surface area contributed by atoms with E-state index in [1.165, 1.54) is 0 Å². The lowest BCUT2D eigenvalue weighted by atomic mass is 10.0. The van der Waals surface area contributed by atoms with Crippen LogP contribution >= 0.6 is 11.6 Å². The number of anilines is 3. The van der Waals surface area contributed by atoms with E-state index in [9.17, 15) is 5.11 Å². The van der Waals surface area contributed by atoms with Gasteiger partial charge in [0.1, 0.15) is 5.75 Å². The second-order valence-corrected chi connectivity index (χ2v) is 6.79. The van der Waals surface area contributed by atoms with Gasteiger partial charge in [0.25, 0.3) is 0 Å². The van der Waals surface area contributed by atoms with E-state index < -0.39 is 0 Å². The van der Waals surface area contributed by atoms with Gasteiger partial charge in [-0.25, -0.2) is 0 Å². The molecule has 140 valence electrons. The minimum atomic E-state index is -0.322. The number of likely N-dealkylation sites (tertiary alicyclic amines) is 1. The van der Waals surface area contributed by atoms with E-state index in [2.05, 4.69) is 32.2 Å². The zero-order valence-corrected chi connectivity index (χ0v) is 15.9. The van der Waals surface area contributed by atoms with Crippen LogP contribution in [0.25, 0.3) is 0 Å². The molecule has 1 saturated heterocycles. The van der Waals surface area contributed by atoms with Gasteiger partial charge in [0.15, 0.2) is 0 Å². The molecular weight excluding hydrogens is 356 g/mol. The zero-order chi connectivity index (χ0) is 18.7. The van der Waals surface area contributed by atoms with Crippen molar-refractivity contribution in [2.24, 2.45) is 0 Å². The molecule has 1 aliphatic rings. The molecule has 0 unspecified atom stereocenters. The normalized spacial score (nSPS) is 15.7. The molecular formula is C17H23ClN6O2. The fourth-order valence-electron chi connectivity index (χ4n) is 2.99. The maximum Gasteiger partial charge on any atom is 0.320 e. The first-order valence-electron chi connectivity index (χ1n) is 8.43. The number of methoxy groups -OCH3 is 1. The molecule has 1 fully saturated rings. The summed E-state index contributed by atoms with van der Waals surface area (Å²) < 4.78 is 5.14. The number of hydrogen-bond donors (Lipinski definition) is 2. The largest absolute Gasteiger partial charge is 0.495 e. The average molecular weight is 379 g/mol. The number of nitrogens with zero attached hydrogens (tertiary/aromatic N) is 5. The van der Waals surface area contributed by atoms with Crippen molar-refractivity contribution in [2.45, 2.75) is 18.9 Å². The molecule has 2 heterocycles. The summed E-state index contributed by atoms with van der Waals surface area (Å²) >= 11 is 6.14. The third-order valence-electron chi connectivity index (χ3n) is 4.57. The number of benzene rings is 1.